The number of para-hydroxylation sites is 3. The monoisotopic (exact) mass is 487 g/mol. The van der Waals surface area contributed by atoms with Crippen molar-refractivity contribution in [3.05, 3.63) is 123 Å². The number of hydrogen-bond donors (Lipinski definition) is 0. The highest BCUT2D eigenvalue weighted by Gasteiger charge is 2.22. The van der Waals surface area contributed by atoms with Crippen LogP contribution in [0.15, 0.2) is 94.6 Å². The summed E-state index contributed by atoms with van der Waals surface area (Å²) in [6.45, 7) is 1.84. The van der Waals surface area contributed by atoms with E-state index in [2.05, 4.69) is 16.7 Å². The van der Waals surface area contributed by atoms with E-state index in [0.29, 0.717) is 22.4 Å². The summed E-state index contributed by atoms with van der Waals surface area (Å²) in [7, 11) is 3.82. The molecule has 0 saturated carbocycles. The molecule has 3 aromatic heterocycles. The van der Waals surface area contributed by atoms with Crippen molar-refractivity contribution in [1.29, 1.82) is 0 Å². The molecule has 6 rings (SSSR count). The van der Waals surface area contributed by atoms with Gasteiger partial charge in [0.1, 0.15) is 11.5 Å². The van der Waals surface area contributed by atoms with E-state index in [9.17, 15) is 9.59 Å². The number of aryl methyl sites for hydroxylation is 1. The van der Waals surface area contributed by atoms with Crippen molar-refractivity contribution in [3.63, 3.8) is 0 Å². The standard InChI is InChI=1S/C30H25N5O2/c1-20-28(30(37)35(33(20)3)22-11-5-4-6-12-22)34-27(31-25-15-9-7-14-24(25)29(34)36)18-17-21-19-32(2)26-16-10-8-13-23(21)26/h4-19H,1-3H3. The maximum absolute atomic E-state index is 13.9. The van der Waals surface area contributed by atoms with Gasteiger partial charge in [-0.3, -0.25) is 18.8 Å². The summed E-state index contributed by atoms with van der Waals surface area (Å²) in [5, 5.41) is 1.55. The molecule has 7 nitrogen and oxygen atoms in total. The van der Waals surface area contributed by atoms with Crippen LogP contribution in [0.25, 0.3) is 45.3 Å². The lowest BCUT2D eigenvalue weighted by Gasteiger charge is -2.10. The van der Waals surface area contributed by atoms with Crippen molar-refractivity contribution in [1.82, 2.24) is 23.5 Å². The maximum atomic E-state index is 13.9. The van der Waals surface area contributed by atoms with Gasteiger partial charge in [-0.05, 0) is 49.4 Å². The second kappa shape index (κ2) is 8.64. The Kier molecular flexibility index (Phi) is 5.26. The van der Waals surface area contributed by atoms with Gasteiger partial charge in [-0.2, -0.15) is 0 Å². The van der Waals surface area contributed by atoms with E-state index in [1.807, 2.05) is 100 Å². The first-order chi connectivity index (χ1) is 18.0. The normalized spacial score (nSPS) is 11.8. The van der Waals surface area contributed by atoms with Crippen molar-refractivity contribution < 1.29 is 0 Å². The number of aromatic nitrogens is 5. The number of rotatable bonds is 4. The van der Waals surface area contributed by atoms with Gasteiger partial charge in [0.2, 0.25) is 0 Å². The highest BCUT2D eigenvalue weighted by atomic mass is 16.1. The van der Waals surface area contributed by atoms with Crippen molar-refractivity contribution in [2.45, 2.75) is 6.92 Å². The van der Waals surface area contributed by atoms with Crippen LogP contribution in [0.2, 0.25) is 0 Å². The van der Waals surface area contributed by atoms with Gasteiger partial charge in [-0.1, -0.05) is 48.5 Å². The van der Waals surface area contributed by atoms with Crippen molar-refractivity contribution in [3.8, 4) is 11.4 Å². The second-order valence-electron chi connectivity index (χ2n) is 9.08. The molecular formula is C30H25N5O2. The summed E-state index contributed by atoms with van der Waals surface area (Å²) < 4.78 is 6.86. The predicted molar refractivity (Wildman–Crippen MR) is 148 cm³/mol. The molecule has 0 aliphatic rings. The quantitative estimate of drug-likeness (QED) is 0.357. The Balaban J connectivity index is 1.63. The fourth-order valence-electron chi connectivity index (χ4n) is 4.96. The summed E-state index contributed by atoms with van der Waals surface area (Å²) in [6, 6.07) is 24.8. The average molecular weight is 488 g/mol. The van der Waals surface area contributed by atoms with Gasteiger partial charge < -0.3 is 4.57 Å². The molecule has 0 N–H and O–H groups in total. The highest BCUT2D eigenvalue weighted by molar-refractivity contribution is 5.92. The van der Waals surface area contributed by atoms with Crippen LogP contribution in [0.5, 0.6) is 0 Å². The number of benzene rings is 3. The fourth-order valence-corrected chi connectivity index (χ4v) is 4.96. The lowest BCUT2D eigenvalue weighted by Crippen LogP contribution is -2.28. The Hall–Kier alpha value is -4.91. The van der Waals surface area contributed by atoms with E-state index in [1.54, 1.807) is 15.4 Å². The maximum Gasteiger partial charge on any atom is 0.296 e. The molecule has 6 aromatic rings. The molecule has 0 aliphatic carbocycles. The Morgan fingerprint density at radius 3 is 2.22 bits per heavy atom. The third-order valence-corrected chi connectivity index (χ3v) is 6.89. The summed E-state index contributed by atoms with van der Waals surface area (Å²) in [6.07, 6.45) is 5.80. The molecule has 0 radical (unpaired) electrons. The zero-order chi connectivity index (χ0) is 25.7. The molecule has 0 aliphatic heterocycles. The van der Waals surface area contributed by atoms with Gasteiger partial charge in [0.15, 0.2) is 0 Å². The van der Waals surface area contributed by atoms with Gasteiger partial charge in [0.25, 0.3) is 11.1 Å². The van der Waals surface area contributed by atoms with Crippen LogP contribution in [-0.4, -0.2) is 23.5 Å². The van der Waals surface area contributed by atoms with Crippen molar-refractivity contribution >= 4 is 34.0 Å². The Bertz CT molecular complexity index is 1950. The topological polar surface area (TPSA) is 66.8 Å². The molecule has 0 spiro atoms. The molecule has 3 aromatic carbocycles. The Morgan fingerprint density at radius 2 is 1.43 bits per heavy atom. The van der Waals surface area contributed by atoms with Crippen LogP contribution < -0.4 is 11.1 Å². The minimum Gasteiger partial charge on any atom is -0.350 e. The van der Waals surface area contributed by atoms with Gasteiger partial charge in [-0.15, -0.1) is 0 Å². The van der Waals surface area contributed by atoms with Crippen LogP contribution in [0.3, 0.4) is 0 Å². The van der Waals surface area contributed by atoms with Crippen LogP contribution >= 0.6 is 0 Å². The SMILES string of the molecule is Cc1c(-n2c(C=Cc3cn(C)c4ccccc34)nc3ccccc3c2=O)c(=O)n(-c2ccccc2)n1C. The summed E-state index contributed by atoms with van der Waals surface area (Å²) in [5.41, 5.74) is 3.78. The molecule has 0 fully saturated rings. The third kappa shape index (κ3) is 3.55. The highest BCUT2D eigenvalue weighted by Crippen LogP contribution is 2.23. The summed E-state index contributed by atoms with van der Waals surface area (Å²) in [5.74, 6) is 0.391. The van der Waals surface area contributed by atoms with Crippen LogP contribution in [-0.2, 0) is 14.1 Å². The first-order valence-corrected chi connectivity index (χ1v) is 12.0. The molecule has 3 heterocycles. The summed E-state index contributed by atoms with van der Waals surface area (Å²) in [4.78, 5) is 32.5. The molecule has 0 unspecified atom stereocenters. The fraction of sp³-hybridized carbons (Fsp3) is 0.100. The zero-order valence-electron chi connectivity index (χ0n) is 20.8. The van der Waals surface area contributed by atoms with Crippen molar-refractivity contribution in [2.24, 2.45) is 14.1 Å². The minimum atomic E-state index is -0.287. The summed E-state index contributed by atoms with van der Waals surface area (Å²) >= 11 is 0. The van der Waals surface area contributed by atoms with E-state index in [-0.39, 0.29) is 16.8 Å². The van der Waals surface area contributed by atoms with Gasteiger partial charge in [0, 0.05) is 36.8 Å². The molecule has 37 heavy (non-hydrogen) atoms. The number of hydrogen-bond acceptors (Lipinski definition) is 3. The van der Waals surface area contributed by atoms with Crippen LogP contribution in [0.1, 0.15) is 17.1 Å². The molecule has 0 atom stereocenters. The predicted octanol–water partition coefficient (Wildman–Crippen LogP) is 4.85. The molecule has 7 heteroatoms. The van der Waals surface area contributed by atoms with E-state index < -0.39 is 0 Å². The van der Waals surface area contributed by atoms with Crippen LogP contribution in [0.4, 0.5) is 0 Å². The minimum absolute atomic E-state index is 0.283. The van der Waals surface area contributed by atoms with E-state index in [4.69, 9.17) is 4.98 Å². The third-order valence-electron chi connectivity index (χ3n) is 6.89. The number of fused-ring (bicyclic) bond motifs is 2. The smallest absolute Gasteiger partial charge is 0.296 e. The first-order valence-electron chi connectivity index (χ1n) is 12.0. The molecule has 182 valence electrons. The van der Waals surface area contributed by atoms with Gasteiger partial charge >= 0.3 is 0 Å². The lowest BCUT2D eigenvalue weighted by atomic mass is 10.1. The van der Waals surface area contributed by atoms with Crippen molar-refractivity contribution in [2.75, 3.05) is 0 Å². The second-order valence-corrected chi connectivity index (χ2v) is 9.08. The Morgan fingerprint density at radius 1 is 0.757 bits per heavy atom. The van der Waals surface area contributed by atoms with Crippen LogP contribution in [0, 0.1) is 6.92 Å². The lowest BCUT2D eigenvalue weighted by molar-refractivity contribution is 0.630. The molecule has 0 bridgehead atoms. The van der Waals surface area contributed by atoms with E-state index in [1.165, 1.54) is 4.57 Å². The van der Waals surface area contributed by atoms with Gasteiger partial charge in [0.05, 0.1) is 22.3 Å². The molecule has 0 amide bonds. The van der Waals surface area contributed by atoms with E-state index >= 15 is 0 Å². The molecular weight excluding hydrogens is 462 g/mol. The van der Waals surface area contributed by atoms with Gasteiger partial charge in [-0.25, -0.2) is 9.67 Å². The average Bonchev–Trinajstić information content (AvgIpc) is 3.35. The number of nitrogens with zero attached hydrogens (tertiary/aromatic N) is 5. The molecule has 0 saturated heterocycles. The first kappa shape index (κ1) is 22.5. The van der Waals surface area contributed by atoms with E-state index in [0.717, 1.165) is 22.2 Å². The zero-order valence-corrected chi connectivity index (χ0v) is 20.8. The largest absolute Gasteiger partial charge is 0.350 e. The Labute approximate surface area is 212 Å².